The van der Waals surface area contributed by atoms with E-state index in [0.29, 0.717) is 0 Å². The van der Waals surface area contributed by atoms with Crippen molar-refractivity contribution in [3.63, 3.8) is 0 Å². The van der Waals surface area contributed by atoms with Crippen LogP contribution in [0.3, 0.4) is 0 Å². The topological polar surface area (TPSA) is 26.0 Å². The standard InChI is InChI=1S/C8H13NS/c1-2-4-7(9)8-5-3-6-10-8/h3,5-7H,2,4,9H2,1H3/t7-/m0/s1. The van der Waals surface area contributed by atoms with Crippen LogP contribution in [0.5, 0.6) is 0 Å². The summed E-state index contributed by atoms with van der Waals surface area (Å²) in [4.78, 5) is 1.31. The van der Waals surface area contributed by atoms with E-state index in [2.05, 4.69) is 24.4 Å². The molecule has 0 fully saturated rings. The largest absolute Gasteiger partial charge is 0.323 e. The van der Waals surface area contributed by atoms with Gasteiger partial charge in [0.05, 0.1) is 0 Å². The minimum absolute atomic E-state index is 0.269. The summed E-state index contributed by atoms with van der Waals surface area (Å²) in [6.45, 7) is 2.16. The van der Waals surface area contributed by atoms with Crippen LogP contribution in [0.25, 0.3) is 0 Å². The van der Waals surface area contributed by atoms with Gasteiger partial charge in [0.25, 0.3) is 0 Å². The normalized spacial score (nSPS) is 13.4. The minimum atomic E-state index is 0.269. The van der Waals surface area contributed by atoms with Crippen LogP contribution in [0, 0.1) is 0 Å². The van der Waals surface area contributed by atoms with Crippen LogP contribution < -0.4 is 5.73 Å². The summed E-state index contributed by atoms with van der Waals surface area (Å²) in [6, 6.07) is 4.42. The van der Waals surface area contributed by atoms with Gasteiger partial charge >= 0.3 is 0 Å². The maximum absolute atomic E-state index is 5.86. The Morgan fingerprint density at radius 3 is 3.00 bits per heavy atom. The van der Waals surface area contributed by atoms with Crippen molar-refractivity contribution in [3.05, 3.63) is 22.4 Å². The summed E-state index contributed by atoms with van der Waals surface area (Å²) in [5.74, 6) is 0. The molecule has 0 saturated carbocycles. The van der Waals surface area contributed by atoms with Crippen LogP contribution >= 0.6 is 11.3 Å². The van der Waals surface area contributed by atoms with Crippen LogP contribution in [-0.4, -0.2) is 0 Å². The molecule has 2 heteroatoms. The molecule has 1 nitrogen and oxygen atoms in total. The fraction of sp³-hybridized carbons (Fsp3) is 0.500. The molecule has 0 radical (unpaired) electrons. The lowest BCUT2D eigenvalue weighted by molar-refractivity contribution is 0.648. The second-order valence-electron chi connectivity index (χ2n) is 2.41. The highest BCUT2D eigenvalue weighted by Crippen LogP contribution is 2.19. The zero-order chi connectivity index (χ0) is 7.40. The fourth-order valence-corrected chi connectivity index (χ4v) is 1.72. The third-order valence-corrected chi connectivity index (χ3v) is 2.51. The maximum Gasteiger partial charge on any atom is 0.0389 e. The Bertz CT molecular complexity index is 169. The first-order chi connectivity index (χ1) is 4.84. The van der Waals surface area contributed by atoms with Gasteiger partial charge in [0.1, 0.15) is 0 Å². The smallest absolute Gasteiger partial charge is 0.0389 e. The van der Waals surface area contributed by atoms with E-state index in [1.807, 2.05) is 0 Å². The van der Waals surface area contributed by atoms with E-state index < -0.39 is 0 Å². The first-order valence-corrected chi connectivity index (χ1v) is 4.51. The maximum atomic E-state index is 5.86. The van der Waals surface area contributed by atoms with Gasteiger partial charge in [-0.1, -0.05) is 19.4 Å². The third kappa shape index (κ3) is 1.82. The minimum Gasteiger partial charge on any atom is -0.323 e. The van der Waals surface area contributed by atoms with Gasteiger partial charge in [0, 0.05) is 10.9 Å². The van der Waals surface area contributed by atoms with Crippen LogP contribution in [0.2, 0.25) is 0 Å². The molecular weight excluding hydrogens is 142 g/mol. The first-order valence-electron chi connectivity index (χ1n) is 3.63. The highest BCUT2D eigenvalue weighted by molar-refractivity contribution is 7.10. The van der Waals surface area contributed by atoms with E-state index in [0.717, 1.165) is 6.42 Å². The zero-order valence-electron chi connectivity index (χ0n) is 6.21. The molecule has 0 saturated heterocycles. The van der Waals surface area contributed by atoms with Crippen molar-refractivity contribution in [2.45, 2.75) is 25.8 Å². The van der Waals surface area contributed by atoms with Crippen LogP contribution in [0.4, 0.5) is 0 Å². The molecule has 0 aliphatic carbocycles. The van der Waals surface area contributed by atoms with E-state index in [4.69, 9.17) is 5.73 Å². The van der Waals surface area contributed by atoms with Gasteiger partial charge < -0.3 is 5.73 Å². The van der Waals surface area contributed by atoms with Crippen molar-refractivity contribution in [1.29, 1.82) is 0 Å². The monoisotopic (exact) mass is 155 g/mol. The summed E-state index contributed by atoms with van der Waals surface area (Å²) in [6.07, 6.45) is 2.26. The molecule has 0 bridgehead atoms. The van der Waals surface area contributed by atoms with E-state index in [-0.39, 0.29) is 6.04 Å². The Morgan fingerprint density at radius 2 is 2.50 bits per heavy atom. The number of rotatable bonds is 3. The molecular formula is C8H13NS. The average molecular weight is 155 g/mol. The zero-order valence-corrected chi connectivity index (χ0v) is 7.03. The molecule has 1 rings (SSSR count). The Kier molecular flexibility index (Phi) is 2.90. The van der Waals surface area contributed by atoms with E-state index >= 15 is 0 Å². The van der Waals surface area contributed by atoms with Crippen molar-refractivity contribution in [2.75, 3.05) is 0 Å². The van der Waals surface area contributed by atoms with Crippen molar-refractivity contribution in [2.24, 2.45) is 5.73 Å². The molecule has 0 spiro atoms. The fourth-order valence-electron chi connectivity index (χ4n) is 0.956. The second-order valence-corrected chi connectivity index (χ2v) is 3.39. The molecule has 0 amide bonds. The Morgan fingerprint density at radius 1 is 1.70 bits per heavy atom. The summed E-state index contributed by atoms with van der Waals surface area (Å²) in [5.41, 5.74) is 5.86. The van der Waals surface area contributed by atoms with Gasteiger partial charge in [-0.3, -0.25) is 0 Å². The number of nitrogens with two attached hydrogens (primary N) is 1. The van der Waals surface area contributed by atoms with Crippen molar-refractivity contribution >= 4 is 11.3 Å². The van der Waals surface area contributed by atoms with Crippen molar-refractivity contribution in [3.8, 4) is 0 Å². The molecule has 2 N–H and O–H groups in total. The lowest BCUT2D eigenvalue weighted by Gasteiger charge is -2.05. The van der Waals surface area contributed by atoms with Gasteiger partial charge in [-0.05, 0) is 17.9 Å². The molecule has 0 unspecified atom stereocenters. The molecule has 10 heavy (non-hydrogen) atoms. The summed E-state index contributed by atoms with van der Waals surface area (Å²) in [5, 5.41) is 2.07. The molecule has 0 aliphatic rings. The molecule has 1 heterocycles. The van der Waals surface area contributed by atoms with Gasteiger partial charge in [0.15, 0.2) is 0 Å². The van der Waals surface area contributed by atoms with Gasteiger partial charge in [-0.2, -0.15) is 0 Å². The average Bonchev–Trinajstić information content (AvgIpc) is 2.38. The second kappa shape index (κ2) is 3.74. The number of hydrogen-bond acceptors (Lipinski definition) is 2. The van der Waals surface area contributed by atoms with Crippen molar-refractivity contribution < 1.29 is 0 Å². The number of thiophene rings is 1. The van der Waals surface area contributed by atoms with E-state index in [9.17, 15) is 0 Å². The Balaban J connectivity index is 2.50. The van der Waals surface area contributed by atoms with Crippen LogP contribution in [0.15, 0.2) is 17.5 Å². The van der Waals surface area contributed by atoms with Gasteiger partial charge in [-0.25, -0.2) is 0 Å². The Hall–Kier alpha value is -0.340. The molecule has 0 aliphatic heterocycles. The molecule has 0 aromatic carbocycles. The molecule has 1 aromatic heterocycles. The lowest BCUT2D eigenvalue weighted by atomic mass is 10.1. The number of hydrogen-bond donors (Lipinski definition) is 1. The summed E-state index contributed by atoms with van der Waals surface area (Å²) in [7, 11) is 0. The lowest BCUT2D eigenvalue weighted by Crippen LogP contribution is -2.07. The predicted octanol–water partition coefficient (Wildman–Crippen LogP) is 2.55. The molecule has 1 aromatic rings. The summed E-state index contributed by atoms with van der Waals surface area (Å²) >= 11 is 1.75. The van der Waals surface area contributed by atoms with Gasteiger partial charge in [0.2, 0.25) is 0 Å². The highest BCUT2D eigenvalue weighted by atomic mass is 32.1. The molecule has 1 atom stereocenters. The summed E-state index contributed by atoms with van der Waals surface area (Å²) < 4.78 is 0. The van der Waals surface area contributed by atoms with E-state index in [1.54, 1.807) is 11.3 Å². The first kappa shape index (κ1) is 7.76. The highest BCUT2D eigenvalue weighted by Gasteiger charge is 2.03. The quantitative estimate of drug-likeness (QED) is 0.713. The van der Waals surface area contributed by atoms with E-state index in [1.165, 1.54) is 11.3 Å². The molecule has 56 valence electrons. The van der Waals surface area contributed by atoms with Gasteiger partial charge in [-0.15, -0.1) is 11.3 Å². The third-order valence-electron chi connectivity index (χ3n) is 1.51. The van der Waals surface area contributed by atoms with Crippen LogP contribution in [-0.2, 0) is 0 Å². The Labute approximate surface area is 65.9 Å². The van der Waals surface area contributed by atoms with Crippen molar-refractivity contribution in [1.82, 2.24) is 0 Å². The van der Waals surface area contributed by atoms with Crippen LogP contribution in [0.1, 0.15) is 30.7 Å². The predicted molar refractivity (Wildman–Crippen MR) is 46.2 cm³/mol. The SMILES string of the molecule is CCC[C@H](N)c1cccs1.